The Morgan fingerprint density at radius 3 is 2.28 bits per heavy atom. The van der Waals surface area contributed by atoms with E-state index in [2.05, 4.69) is 10.1 Å². The highest BCUT2D eigenvalue weighted by Crippen LogP contribution is 2.24. The second kappa shape index (κ2) is 6.13. The zero-order chi connectivity index (χ0) is 13.6. The van der Waals surface area contributed by atoms with Crippen LogP contribution >= 0.6 is 0 Å². The molecule has 7 heteroatoms. The lowest BCUT2D eigenvalue weighted by molar-refractivity contribution is -0.274. The van der Waals surface area contributed by atoms with Crippen molar-refractivity contribution in [3.05, 3.63) is 24.3 Å². The third kappa shape index (κ3) is 5.42. The van der Waals surface area contributed by atoms with Crippen LogP contribution < -0.4 is 14.8 Å². The van der Waals surface area contributed by atoms with E-state index in [0.717, 1.165) is 12.1 Å². The van der Waals surface area contributed by atoms with E-state index in [-0.39, 0.29) is 24.0 Å². The van der Waals surface area contributed by atoms with E-state index >= 15 is 0 Å². The molecule has 0 atom stereocenters. The molecule has 1 N–H and O–H groups in total. The van der Waals surface area contributed by atoms with Crippen LogP contribution in [0.1, 0.15) is 6.92 Å². The van der Waals surface area contributed by atoms with Crippen LogP contribution in [0.2, 0.25) is 0 Å². The average molecular weight is 263 g/mol. The van der Waals surface area contributed by atoms with Gasteiger partial charge >= 0.3 is 6.36 Å². The van der Waals surface area contributed by atoms with Gasteiger partial charge in [0.1, 0.15) is 11.5 Å². The summed E-state index contributed by atoms with van der Waals surface area (Å²) in [5.74, 6) is -0.350. The summed E-state index contributed by atoms with van der Waals surface area (Å²) < 4.78 is 44.4. The van der Waals surface area contributed by atoms with Crippen LogP contribution in [0.15, 0.2) is 24.3 Å². The van der Waals surface area contributed by atoms with Gasteiger partial charge in [0.2, 0.25) is 0 Å². The number of likely N-dealkylation sites (N-methyl/N-ethyl adjacent to an activating group) is 1. The fourth-order valence-electron chi connectivity index (χ4n) is 1.13. The number of nitrogens with one attached hydrogen (secondary N) is 1. The minimum atomic E-state index is -4.72. The number of carbonyl (C=O) groups excluding carboxylic acids is 1. The third-order valence-corrected chi connectivity index (χ3v) is 1.80. The summed E-state index contributed by atoms with van der Waals surface area (Å²) >= 11 is 0. The molecule has 0 aliphatic carbocycles. The number of alkyl halides is 3. The Labute approximate surface area is 102 Å². The van der Waals surface area contributed by atoms with Crippen LogP contribution in [0.25, 0.3) is 0 Å². The van der Waals surface area contributed by atoms with Crippen molar-refractivity contribution in [1.29, 1.82) is 0 Å². The van der Waals surface area contributed by atoms with E-state index in [1.165, 1.54) is 12.1 Å². The standard InChI is InChI=1S/C11H12F3NO3/c1-2-15-10(16)7-17-8-3-5-9(6-4-8)18-11(12,13)14/h3-6H,2,7H2,1H3,(H,15,16). The van der Waals surface area contributed by atoms with Crippen LogP contribution in [-0.2, 0) is 4.79 Å². The summed E-state index contributed by atoms with van der Waals surface area (Å²) in [5.41, 5.74) is 0. The molecule has 1 aromatic carbocycles. The Morgan fingerprint density at radius 1 is 1.22 bits per heavy atom. The van der Waals surface area contributed by atoms with Crippen molar-refractivity contribution in [2.45, 2.75) is 13.3 Å². The first-order valence-electron chi connectivity index (χ1n) is 5.16. The molecule has 1 amide bonds. The fraction of sp³-hybridized carbons (Fsp3) is 0.364. The predicted octanol–water partition coefficient (Wildman–Crippen LogP) is 2.10. The Hall–Kier alpha value is -1.92. The number of carbonyl (C=O) groups is 1. The molecule has 0 fully saturated rings. The second-order valence-corrected chi connectivity index (χ2v) is 3.26. The molecule has 0 saturated carbocycles. The lowest BCUT2D eigenvalue weighted by Crippen LogP contribution is -2.28. The van der Waals surface area contributed by atoms with Gasteiger partial charge in [0, 0.05) is 6.54 Å². The monoisotopic (exact) mass is 263 g/mol. The smallest absolute Gasteiger partial charge is 0.484 e. The molecule has 0 heterocycles. The van der Waals surface area contributed by atoms with Gasteiger partial charge in [-0.1, -0.05) is 0 Å². The van der Waals surface area contributed by atoms with Crippen molar-refractivity contribution in [1.82, 2.24) is 5.32 Å². The predicted molar refractivity (Wildman–Crippen MR) is 57.3 cm³/mol. The molecule has 0 aromatic heterocycles. The molecule has 100 valence electrons. The molecule has 0 radical (unpaired) electrons. The van der Waals surface area contributed by atoms with Crippen molar-refractivity contribution in [2.75, 3.05) is 13.2 Å². The first-order valence-corrected chi connectivity index (χ1v) is 5.16. The SMILES string of the molecule is CCNC(=O)COc1ccc(OC(F)(F)F)cc1. The molecule has 0 aliphatic rings. The number of rotatable bonds is 5. The van der Waals surface area contributed by atoms with Crippen LogP contribution in [0.3, 0.4) is 0 Å². The van der Waals surface area contributed by atoms with E-state index in [9.17, 15) is 18.0 Å². The molecule has 0 aliphatic heterocycles. The van der Waals surface area contributed by atoms with Gasteiger partial charge in [0.15, 0.2) is 6.61 Å². The van der Waals surface area contributed by atoms with Crippen LogP contribution in [0, 0.1) is 0 Å². The minimum Gasteiger partial charge on any atom is -0.484 e. The highest BCUT2D eigenvalue weighted by Gasteiger charge is 2.30. The van der Waals surface area contributed by atoms with Gasteiger partial charge in [-0.05, 0) is 31.2 Å². The molecule has 0 saturated heterocycles. The minimum absolute atomic E-state index is 0.187. The zero-order valence-electron chi connectivity index (χ0n) is 9.58. The van der Waals surface area contributed by atoms with E-state index < -0.39 is 6.36 Å². The molecule has 0 unspecified atom stereocenters. The highest BCUT2D eigenvalue weighted by atomic mass is 19.4. The van der Waals surface area contributed by atoms with Crippen molar-refractivity contribution in [3.63, 3.8) is 0 Å². The van der Waals surface area contributed by atoms with Gasteiger partial charge < -0.3 is 14.8 Å². The van der Waals surface area contributed by atoms with E-state index in [1.807, 2.05) is 0 Å². The average Bonchev–Trinajstić information content (AvgIpc) is 2.26. The van der Waals surface area contributed by atoms with Gasteiger partial charge in [0.05, 0.1) is 0 Å². The molecule has 4 nitrogen and oxygen atoms in total. The van der Waals surface area contributed by atoms with Gasteiger partial charge in [-0.3, -0.25) is 4.79 Å². The van der Waals surface area contributed by atoms with Crippen molar-refractivity contribution < 1.29 is 27.4 Å². The summed E-state index contributed by atoms with van der Waals surface area (Å²) in [6.07, 6.45) is -4.72. The maximum absolute atomic E-state index is 11.9. The molecule has 0 spiro atoms. The van der Waals surface area contributed by atoms with E-state index in [4.69, 9.17) is 4.74 Å². The van der Waals surface area contributed by atoms with Crippen molar-refractivity contribution in [2.24, 2.45) is 0 Å². The number of hydrogen-bond acceptors (Lipinski definition) is 3. The zero-order valence-corrected chi connectivity index (χ0v) is 9.58. The highest BCUT2D eigenvalue weighted by molar-refractivity contribution is 5.77. The van der Waals surface area contributed by atoms with Gasteiger partial charge in [0.25, 0.3) is 5.91 Å². The van der Waals surface area contributed by atoms with Gasteiger partial charge in [-0.25, -0.2) is 0 Å². The quantitative estimate of drug-likeness (QED) is 0.885. The lowest BCUT2D eigenvalue weighted by atomic mass is 10.3. The molecular formula is C11H12F3NO3. The maximum atomic E-state index is 11.9. The number of benzene rings is 1. The third-order valence-electron chi connectivity index (χ3n) is 1.80. The van der Waals surface area contributed by atoms with Crippen LogP contribution in [-0.4, -0.2) is 25.4 Å². The number of hydrogen-bond donors (Lipinski definition) is 1. The van der Waals surface area contributed by atoms with Crippen LogP contribution in [0.4, 0.5) is 13.2 Å². The van der Waals surface area contributed by atoms with Crippen molar-refractivity contribution in [3.8, 4) is 11.5 Å². The first-order chi connectivity index (χ1) is 8.40. The van der Waals surface area contributed by atoms with E-state index in [1.54, 1.807) is 6.92 Å². The first kappa shape index (κ1) is 14.1. The second-order valence-electron chi connectivity index (χ2n) is 3.26. The Morgan fingerprint density at radius 2 is 1.78 bits per heavy atom. The molecule has 1 aromatic rings. The summed E-state index contributed by atoms with van der Waals surface area (Å²) in [6.45, 7) is 2.06. The fourth-order valence-corrected chi connectivity index (χ4v) is 1.13. The summed E-state index contributed by atoms with van der Waals surface area (Å²) in [4.78, 5) is 11.1. The Bertz CT molecular complexity index is 390. The maximum Gasteiger partial charge on any atom is 0.573 e. The van der Waals surface area contributed by atoms with E-state index in [0.29, 0.717) is 6.54 Å². The summed E-state index contributed by atoms with van der Waals surface area (Å²) in [7, 11) is 0. The largest absolute Gasteiger partial charge is 0.573 e. The number of ether oxygens (including phenoxy) is 2. The lowest BCUT2D eigenvalue weighted by Gasteiger charge is -2.10. The van der Waals surface area contributed by atoms with Gasteiger partial charge in [-0.2, -0.15) is 0 Å². The summed E-state index contributed by atoms with van der Waals surface area (Å²) in [5, 5.41) is 2.52. The Kier molecular flexibility index (Phi) is 4.82. The normalized spacial score (nSPS) is 10.9. The number of halogens is 3. The molecule has 18 heavy (non-hydrogen) atoms. The molecule has 1 rings (SSSR count). The molecular weight excluding hydrogens is 251 g/mol. The van der Waals surface area contributed by atoms with Gasteiger partial charge in [-0.15, -0.1) is 13.2 Å². The van der Waals surface area contributed by atoms with Crippen LogP contribution in [0.5, 0.6) is 11.5 Å². The summed E-state index contributed by atoms with van der Waals surface area (Å²) in [6, 6.07) is 4.81. The Balaban J connectivity index is 2.48. The molecule has 0 bridgehead atoms. The van der Waals surface area contributed by atoms with Crippen molar-refractivity contribution >= 4 is 5.91 Å². The number of amides is 1. The topological polar surface area (TPSA) is 47.6 Å².